The molecule has 0 atom stereocenters. The molecule has 5 heteroatoms. The van der Waals surface area contributed by atoms with E-state index in [0.29, 0.717) is 18.7 Å². The zero-order valence-electron chi connectivity index (χ0n) is 16.4. The molecule has 3 rings (SSSR count). The lowest BCUT2D eigenvalue weighted by molar-refractivity contribution is 0.0954. The van der Waals surface area contributed by atoms with Gasteiger partial charge in [-0.25, -0.2) is 0 Å². The first-order chi connectivity index (χ1) is 13.7. The third-order valence-corrected chi connectivity index (χ3v) is 4.99. The lowest BCUT2D eigenvalue weighted by atomic mass is 9.97. The van der Waals surface area contributed by atoms with Gasteiger partial charge in [-0.05, 0) is 63.3 Å². The van der Waals surface area contributed by atoms with Crippen LogP contribution in [0.15, 0.2) is 60.3 Å². The summed E-state index contributed by atoms with van der Waals surface area (Å²) in [7, 11) is 0. The molecule has 0 saturated carbocycles. The highest BCUT2D eigenvalue weighted by Crippen LogP contribution is 2.19. The SMILES string of the molecule is CCN(C(=O)c1cc(C(=O)NCCC2=CCCCC2)ccn1)c1ccccc1. The van der Waals surface area contributed by atoms with Crippen molar-refractivity contribution in [2.75, 3.05) is 18.0 Å². The molecule has 0 spiro atoms. The molecule has 0 aliphatic heterocycles. The van der Waals surface area contributed by atoms with E-state index in [-0.39, 0.29) is 17.5 Å². The van der Waals surface area contributed by atoms with Crippen molar-refractivity contribution in [3.05, 3.63) is 71.6 Å². The van der Waals surface area contributed by atoms with Gasteiger partial charge < -0.3 is 10.2 Å². The van der Waals surface area contributed by atoms with E-state index in [1.807, 2.05) is 37.3 Å². The number of nitrogens with one attached hydrogen (secondary N) is 1. The average molecular weight is 377 g/mol. The average Bonchev–Trinajstić information content (AvgIpc) is 2.76. The lowest BCUT2D eigenvalue weighted by Gasteiger charge is -2.20. The van der Waals surface area contributed by atoms with Crippen molar-refractivity contribution in [1.82, 2.24) is 10.3 Å². The maximum Gasteiger partial charge on any atom is 0.276 e. The molecule has 0 radical (unpaired) electrons. The number of hydrogen-bond donors (Lipinski definition) is 1. The minimum Gasteiger partial charge on any atom is -0.352 e. The highest BCUT2D eigenvalue weighted by atomic mass is 16.2. The van der Waals surface area contributed by atoms with Gasteiger partial charge in [0, 0.05) is 30.5 Å². The summed E-state index contributed by atoms with van der Waals surface area (Å²) in [5, 5.41) is 2.95. The van der Waals surface area contributed by atoms with Gasteiger partial charge in [0.25, 0.3) is 11.8 Å². The summed E-state index contributed by atoms with van der Waals surface area (Å²) in [6, 6.07) is 12.7. The van der Waals surface area contributed by atoms with Crippen LogP contribution in [0.1, 0.15) is 59.9 Å². The molecule has 2 aromatic rings. The van der Waals surface area contributed by atoms with Gasteiger partial charge in [0.2, 0.25) is 0 Å². The van der Waals surface area contributed by atoms with Crippen LogP contribution in [-0.4, -0.2) is 29.9 Å². The van der Waals surface area contributed by atoms with Crippen LogP contribution >= 0.6 is 0 Å². The number of amides is 2. The Morgan fingerprint density at radius 2 is 1.96 bits per heavy atom. The van der Waals surface area contributed by atoms with Crippen LogP contribution in [0.4, 0.5) is 5.69 Å². The number of benzene rings is 1. The van der Waals surface area contributed by atoms with Crippen LogP contribution in [0, 0.1) is 0 Å². The van der Waals surface area contributed by atoms with Crippen LogP contribution in [-0.2, 0) is 0 Å². The molecule has 5 nitrogen and oxygen atoms in total. The van der Waals surface area contributed by atoms with E-state index in [0.717, 1.165) is 24.9 Å². The lowest BCUT2D eigenvalue weighted by Crippen LogP contribution is -2.32. The summed E-state index contributed by atoms with van der Waals surface area (Å²) in [5.41, 5.74) is 2.97. The summed E-state index contributed by atoms with van der Waals surface area (Å²) >= 11 is 0. The second kappa shape index (κ2) is 9.83. The summed E-state index contributed by atoms with van der Waals surface area (Å²) in [6.07, 6.45) is 9.49. The normalized spacial score (nSPS) is 13.5. The van der Waals surface area contributed by atoms with E-state index < -0.39 is 0 Å². The van der Waals surface area contributed by atoms with Gasteiger partial charge in [-0.2, -0.15) is 0 Å². The topological polar surface area (TPSA) is 62.3 Å². The van der Waals surface area contributed by atoms with E-state index in [9.17, 15) is 9.59 Å². The minimum absolute atomic E-state index is 0.171. The molecule has 28 heavy (non-hydrogen) atoms. The van der Waals surface area contributed by atoms with Crippen molar-refractivity contribution in [2.45, 2.75) is 39.0 Å². The first-order valence-electron chi connectivity index (χ1n) is 9.98. The van der Waals surface area contributed by atoms with Gasteiger partial charge in [-0.1, -0.05) is 29.8 Å². The van der Waals surface area contributed by atoms with Gasteiger partial charge in [0.1, 0.15) is 5.69 Å². The fourth-order valence-electron chi connectivity index (χ4n) is 3.45. The van der Waals surface area contributed by atoms with Crippen molar-refractivity contribution in [3.8, 4) is 0 Å². The first kappa shape index (κ1) is 19.8. The minimum atomic E-state index is -0.212. The van der Waals surface area contributed by atoms with Crippen LogP contribution in [0.25, 0.3) is 0 Å². The molecular weight excluding hydrogens is 350 g/mol. The van der Waals surface area contributed by atoms with Gasteiger partial charge in [-0.15, -0.1) is 0 Å². The molecule has 0 unspecified atom stereocenters. The van der Waals surface area contributed by atoms with Gasteiger partial charge in [0.15, 0.2) is 0 Å². The van der Waals surface area contributed by atoms with Crippen LogP contribution < -0.4 is 10.2 Å². The van der Waals surface area contributed by atoms with Crippen LogP contribution in [0.5, 0.6) is 0 Å². The smallest absolute Gasteiger partial charge is 0.276 e. The Bertz CT molecular complexity index is 846. The number of aromatic nitrogens is 1. The summed E-state index contributed by atoms with van der Waals surface area (Å²) in [6.45, 7) is 3.05. The fourth-order valence-corrected chi connectivity index (χ4v) is 3.45. The van der Waals surface area contributed by atoms with Crippen LogP contribution in [0.3, 0.4) is 0 Å². The molecule has 0 saturated heterocycles. The second-order valence-corrected chi connectivity index (χ2v) is 6.93. The number of allylic oxidation sites excluding steroid dienone is 1. The van der Waals surface area contributed by atoms with Gasteiger partial charge in [-0.3, -0.25) is 14.6 Å². The molecule has 1 aliphatic rings. The van der Waals surface area contributed by atoms with Crippen molar-refractivity contribution >= 4 is 17.5 Å². The third-order valence-electron chi connectivity index (χ3n) is 4.99. The highest BCUT2D eigenvalue weighted by molar-refractivity contribution is 6.06. The molecule has 0 bridgehead atoms. The summed E-state index contributed by atoms with van der Waals surface area (Å²) in [4.78, 5) is 31.2. The van der Waals surface area contributed by atoms with Crippen molar-refractivity contribution < 1.29 is 9.59 Å². The van der Waals surface area contributed by atoms with Gasteiger partial charge in [0.05, 0.1) is 0 Å². The van der Waals surface area contributed by atoms with Crippen LogP contribution in [0.2, 0.25) is 0 Å². The molecule has 2 amide bonds. The quantitative estimate of drug-likeness (QED) is 0.729. The van der Waals surface area contributed by atoms with Crippen molar-refractivity contribution in [3.63, 3.8) is 0 Å². The Kier molecular flexibility index (Phi) is 6.95. The number of para-hydroxylation sites is 1. The maximum absolute atomic E-state index is 12.9. The molecule has 1 heterocycles. The van der Waals surface area contributed by atoms with E-state index >= 15 is 0 Å². The predicted molar refractivity (Wildman–Crippen MR) is 112 cm³/mol. The number of carbonyl (C=O) groups excluding carboxylic acids is 2. The maximum atomic E-state index is 12.9. The Morgan fingerprint density at radius 1 is 1.14 bits per heavy atom. The summed E-state index contributed by atoms with van der Waals surface area (Å²) in [5.74, 6) is -0.383. The van der Waals surface area contributed by atoms with E-state index in [2.05, 4.69) is 16.4 Å². The summed E-state index contributed by atoms with van der Waals surface area (Å²) < 4.78 is 0. The monoisotopic (exact) mass is 377 g/mol. The number of carbonyl (C=O) groups is 2. The van der Waals surface area contributed by atoms with E-state index in [4.69, 9.17) is 0 Å². The first-order valence-corrected chi connectivity index (χ1v) is 9.98. The fraction of sp³-hybridized carbons (Fsp3) is 0.348. The Labute approximate surface area is 166 Å². The molecule has 146 valence electrons. The number of anilines is 1. The predicted octanol–water partition coefficient (Wildman–Crippen LogP) is 4.37. The Hall–Kier alpha value is -2.95. The number of hydrogen-bond acceptors (Lipinski definition) is 3. The Morgan fingerprint density at radius 3 is 2.68 bits per heavy atom. The molecule has 1 aromatic heterocycles. The standard InChI is InChI=1S/C23H27N3O2/c1-2-26(20-11-7-4-8-12-20)23(28)21-17-19(14-16-24-21)22(27)25-15-13-18-9-5-3-6-10-18/h4,7-9,11-12,14,16-17H,2-3,5-6,10,13,15H2,1H3,(H,25,27). The number of nitrogens with zero attached hydrogens (tertiary/aromatic N) is 2. The van der Waals surface area contributed by atoms with E-state index in [1.165, 1.54) is 24.6 Å². The largest absolute Gasteiger partial charge is 0.352 e. The highest BCUT2D eigenvalue weighted by Gasteiger charge is 2.18. The van der Waals surface area contributed by atoms with E-state index in [1.54, 1.807) is 17.0 Å². The van der Waals surface area contributed by atoms with Crippen molar-refractivity contribution in [2.24, 2.45) is 0 Å². The molecule has 0 fully saturated rings. The Balaban J connectivity index is 1.64. The molecular formula is C23H27N3O2. The second-order valence-electron chi connectivity index (χ2n) is 6.93. The molecule has 1 aromatic carbocycles. The number of rotatable bonds is 7. The molecule has 1 aliphatic carbocycles. The zero-order chi connectivity index (χ0) is 19.8. The third kappa shape index (κ3) is 5.06. The number of pyridine rings is 1. The van der Waals surface area contributed by atoms with Gasteiger partial charge >= 0.3 is 0 Å². The van der Waals surface area contributed by atoms with Crippen molar-refractivity contribution in [1.29, 1.82) is 0 Å². The zero-order valence-corrected chi connectivity index (χ0v) is 16.4. The molecule has 1 N–H and O–H groups in total.